The van der Waals surface area contributed by atoms with E-state index in [4.69, 9.17) is 4.74 Å². The molecule has 0 aromatic rings. The first-order valence-corrected chi connectivity index (χ1v) is 7.91. The summed E-state index contributed by atoms with van der Waals surface area (Å²) < 4.78 is 5.28. The minimum Gasteiger partial charge on any atom is -0.384 e. The standard InChI is InChI=1S/C16H34N2O/c1-6-16(4,12-17-9-14(2)3)13-18-8-7-15(10-18)11-19-5/h14-15,17H,6-13H2,1-5H3. The third kappa shape index (κ3) is 6.24. The topological polar surface area (TPSA) is 24.5 Å². The lowest BCUT2D eigenvalue weighted by Gasteiger charge is -2.33. The van der Waals surface area contributed by atoms with E-state index in [1.54, 1.807) is 0 Å². The van der Waals surface area contributed by atoms with Gasteiger partial charge in [-0.25, -0.2) is 0 Å². The van der Waals surface area contributed by atoms with Gasteiger partial charge in [0.25, 0.3) is 0 Å². The van der Waals surface area contributed by atoms with Gasteiger partial charge >= 0.3 is 0 Å². The van der Waals surface area contributed by atoms with E-state index in [1.807, 2.05) is 7.11 Å². The van der Waals surface area contributed by atoms with E-state index in [9.17, 15) is 0 Å². The highest BCUT2D eigenvalue weighted by Crippen LogP contribution is 2.26. The molecule has 1 N–H and O–H groups in total. The maximum absolute atomic E-state index is 5.28. The molecule has 0 radical (unpaired) electrons. The summed E-state index contributed by atoms with van der Waals surface area (Å²) in [5, 5.41) is 3.64. The molecule has 3 heteroatoms. The van der Waals surface area contributed by atoms with Crippen molar-refractivity contribution in [3.05, 3.63) is 0 Å². The molecule has 0 bridgehead atoms. The van der Waals surface area contributed by atoms with Crippen molar-refractivity contribution in [3.8, 4) is 0 Å². The lowest BCUT2D eigenvalue weighted by atomic mass is 9.86. The molecular formula is C16H34N2O. The first-order valence-electron chi connectivity index (χ1n) is 7.91. The van der Waals surface area contributed by atoms with Gasteiger partial charge in [0.2, 0.25) is 0 Å². The number of likely N-dealkylation sites (tertiary alicyclic amines) is 1. The molecule has 114 valence electrons. The first kappa shape index (κ1) is 16.9. The minimum atomic E-state index is 0.400. The third-order valence-corrected chi connectivity index (χ3v) is 4.34. The molecule has 1 fully saturated rings. The van der Waals surface area contributed by atoms with Gasteiger partial charge in [-0.05, 0) is 43.2 Å². The Balaban J connectivity index is 2.34. The Morgan fingerprint density at radius 2 is 2.16 bits per heavy atom. The molecule has 3 nitrogen and oxygen atoms in total. The zero-order valence-electron chi connectivity index (χ0n) is 13.7. The quantitative estimate of drug-likeness (QED) is 0.697. The number of nitrogens with zero attached hydrogens (tertiary/aromatic N) is 1. The van der Waals surface area contributed by atoms with Crippen molar-refractivity contribution >= 4 is 0 Å². The van der Waals surface area contributed by atoms with Crippen LogP contribution in [0.25, 0.3) is 0 Å². The van der Waals surface area contributed by atoms with Crippen molar-refractivity contribution in [2.75, 3.05) is 46.4 Å². The van der Waals surface area contributed by atoms with E-state index in [0.717, 1.165) is 31.5 Å². The van der Waals surface area contributed by atoms with Gasteiger partial charge in [-0.1, -0.05) is 27.7 Å². The fourth-order valence-electron chi connectivity index (χ4n) is 2.92. The summed E-state index contributed by atoms with van der Waals surface area (Å²) in [6.45, 7) is 16.1. The van der Waals surface area contributed by atoms with E-state index in [-0.39, 0.29) is 0 Å². The van der Waals surface area contributed by atoms with Gasteiger partial charge in [0.05, 0.1) is 6.61 Å². The summed E-state index contributed by atoms with van der Waals surface area (Å²) in [6, 6.07) is 0. The molecule has 2 atom stereocenters. The van der Waals surface area contributed by atoms with Gasteiger partial charge in [0, 0.05) is 26.7 Å². The summed E-state index contributed by atoms with van der Waals surface area (Å²) >= 11 is 0. The largest absolute Gasteiger partial charge is 0.384 e. The van der Waals surface area contributed by atoms with Crippen LogP contribution in [0.15, 0.2) is 0 Å². The molecule has 1 heterocycles. The summed E-state index contributed by atoms with van der Waals surface area (Å²) in [7, 11) is 1.81. The van der Waals surface area contributed by atoms with E-state index < -0.39 is 0 Å². The van der Waals surface area contributed by atoms with Crippen LogP contribution < -0.4 is 5.32 Å². The molecule has 0 saturated carbocycles. The number of rotatable bonds is 9. The molecule has 0 aliphatic carbocycles. The third-order valence-electron chi connectivity index (χ3n) is 4.34. The van der Waals surface area contributed by atoms with Gasteiger partial charge in [0.1, 0.15) is 0 Å². The van der Waals surface area contributed by atoms with Crippen LogP contribution in [0.4, 0.5) is 0 Å². The van der Waals surface area contributed by atoms with E-state index in [2.05, 4.69) is 37.9 Å². The summed E-state index contributed by atoms with van der Waals surface area (Å²) in [4.78, 5) is 2.63. The summed E-state index contributed by atoms with van der Waals surface area (Å²) in [5.74, 6) is 1.48. The number of ether oxygens (including phenoxy) is 1. The Labute approximate surface area is 120 Å². The van der Waals surface area contributed by atoms with E-state index >= 15 is 0 Å². The fraction of sp³-hybridized carbons (Fsp3) is 1.00. The van der Waals surface area contributed by atoms with Gasteiger partial charge in [-0.15, -0.1) is 0 Å². The van der Waals surface area contributed by atoms with Crippen molar-refractivity contribution in [1.82, 2.24) is 10.2 Å². The van der Waals surface area contributed by atoms with Crippen molar-refractivity contribution in [2.45, 2.75) is 40.5 Å². The molecule has 0 aromatic carbocycles. The second kappa shape index (κ2) is 8.23. The van der Waals surface area contributed by atoms with Crippen LogP contribution in [0, 0.1) is 17.3 Å². The highest BCUT2D eigenvalue weighted by atomic mass is 16.5. The van der Waals surface area contributed by atoms with Gasteiger partial charge in [-0.3, -0.25) is 0 Å². The maximum atomic E-state index is 5.28. The normalized spacial score (nSPS) is 24.0. The maximum Gasteiger partial charge on any atom is 0.0503 e. The first-order chi connectivity index (χ1) is 8.99. The van der Waals surface area contributed by atoms with Gasteiger partial charge in [0.15, 0.2) is 0 Å². The summed E-state index contributed by atoms with van der Waals surface area (Å²) in [5.41, 5.74) is 0.400. The van der Waals surface area contributed by atoms with Gasteiger partial charge < -0.3 is 15.0 Å². The summed E-state index contributed by atoms with van der Waals surface area (Å²) in [6.07, 6.45) is 2.54. The molecule has 0 aromatic heterocycles. The van der Waals surface area contributed by atoms with Crippen LogP contribution in [0.5, 0.6) is 0 Å². The Hall–Kier alpha value is -0.120. The molecule has 1 rings (SSSR count). The van der Waals surface area contributed by atoms with Crippen LogP contribution >= 0.6 is 0 Å². The van der Waals surface area contributed by atoms with Crippen LogP contribution in [0.2, 0.25) is 0 Å². The van der Waals surface area contributed by atoms with Crippen LogP contribution in [0.3, 0.4) is 0 Å². The molecule has 1 saturated heterocycles. The zero-order valence-corrected chi connectivity index (χ0v) is 13.7. The number of hydrogen-bond acceptors (Lipinski definition) is 3. The lowest BCUT2D eigenvalue weighted by Crippen LogP contribution is -2.42. The highest BCUT2D eigenvalue weighted by Gasteiger charge is 2.29. The smallest absolute Gasteiger partial charge is 0.0503 e. The molecule has 0 spiro atoms. The fourth-order valence-corrected chi connectivity index (χ4v) is 2.92. The second-order valence-corrected chi connectivity index (χ2v) is 7.03. The predicted octanol–water partition coefficient (Wildman–Crippen LogP) is 2.62. The van der Waals surface area contributed by atoms with Gasteiger partial charge in [-0.2, -0.15) is 0 Å². The van der Waals surface area contributed by atoms with Crippen molar-refractivity contribution < 1.29 is 4.74 Å². The van der Waals surface area contributed by atoms with Crippen LogP contribution in [-0.2, 0) is 4.74 Å². The lowest BCUT2D eigenvalue weighted by molar-refractivity contribution is 0.139. The molecule has 1 aliphatic heterocycles. The number of methoxy groups -OCH3 is 1. The second-order valence-electron chi connectivity index (χ2n) is 7.03. The Kier molecular flexibility index (Phi) is 7.33. The molecule has 0 amide bonds. The average Bonchev–Trinajstić information content (AvgIpc) is 2.76. The zero-order chi connectivity index (χ0) is 14.3. The Morgan fingerprint density at radius 3 is 2.74 bits per heavy atom. The number of nitrogens with one attached hydrogen (secondary N) is 1. The Morgan fingerprint density at radius 1 is 1.42 bits per heavy atom. The molecule has 1 aliphatic rings. The van der Waals surface area contributed by atoms with Crippen molar-refractivity contribution in [3.63, 3.8) is 0 Å². The average molecular weight is 270 g/mol. The van der Waals surface area contributed by atoms with Crippen molar-refractivity contribution in [2.24, 2.45) is 17.3 Å². The molecular weight excluding hydrogens is 236 g/mol. The molecule has 2 unspecified atom stereocenters. The van der Waals surface area contributed by atoms with E-state index in [0.29, 0.717) is 5.41 Å². The van der Waals surface area contributed by atoms with E-state index in [1.165, 1.54) is 32.5 Å². The van der Waals surface area contributed by atoms with Crippen LogP contribution in [0.1, 0.15) is 40.5 Å². The molecule has 19 heavy (non-hydrogen) atoms. The SMILES string of the molecule is CCC(C)(CNCC(C)C)CN1CCC(COC)C1. The van der Waals surface area contributed by atoms with Crippen molar-refractivity contribution in [1.29, 1.82) is 0 Å². The minimum absolute atomic E-state index is 0.400. The highest BCUT2D eigenvalue weighted by molar-refractivity contribution is 4.84. The Bertz CT molecular complexity index is 245. The number of hydrogen-bond donors (Lipinski definition) is 1. The van der Waals surface area contributed by atoms with Crippen LogP contribution in [-0.4, -0.2) is 51.3 Å². The monoisotopic (exact) mass is 270 g/mol. The predicted molar refractivity (Wildman–Crippen MR) is 82.5 cm³/mol.